The number of hydrogen-bond acceptors (Lipinski definition) is 5. The summed E-state index contributed by atoms with van der Waals surface area (Å²) in [5.41, 5.74) is 3.70. The fourth-order valence-corrected chi connectivity index (χ4v) is 3.97. The Labute approximate surface area is 160 Å². The number of aromatic nitrogens is 5. The van der Waals surface area contributed by atoms with E-state index >= 15 is 0 Å². The van der Waals surface area contributed by atoms with Crippen LogP contribution in [0.15, 0.2) is 58.7 Å². The van der Waals surface area contributed by atoms with Crippen molar-refractivity contribution in [2.45, 2.75) is 24.8 Å². The number of benzene rings is 2. The third-order valence-corrected chi connectivity index (χ3v) is 5.63. The first-order valence-corrected chi connectivity index (χ1v) is 9.59. The summed E-state index contributed by atoms with van der Waals surface area (Å²) in [5.74, 6) is 1.40. The van der Waals surface area contributed by atoms with Gasteiger partial charge in [-0.2, -0.15) is 5.10 Å². The molecule has 0 fully saturated rings. The number of rotatable bonds is 4. The molecule has 0 aliphatic heterocycles. The van der Waals surface area contributed by atoms with Crippen molar-refractivity contribution < 1.29 is 0 Å². The molecular weight excluding hydrogens is 358 g/mol. The van der Waals surface area contributed by atoms with Crippen molar-refractivity contribution in [1.82, 2.24) is 24.3 Å². The van der Waals surface area contributed by atoms with E-state index in [1.807, 2.05) is 63.4 Å². The van der Waals surface area contributed by atoms with E-state index in [1.165, 1.54) is 18.1 Å². The van der Waals surface area contributed by atoms with Gasteiger partial charge in [0.1, 0.15) is 12.2 Å². The summed E-state index contributed by atoms with van der Waals surface area (Å²) < 4.78 is 3.44. The molecule has 0 spiro atoms. The van der Waals surface area contributed by atoms with E-state index < -0.39 is 0 Å². The lowest BCUT2D eigenvalue weighted by Gasteiger charge is -2.16. The highest BCUT2D eigenvalue weighted by atomic mass is 32.2. The maximum Gasteiger partial charge on any atom is 0.266 e. The molecule has 0 amide bonds. The highest BCUT2D eigenvalue weighted by Gasteiger charge is 2.16. The molecule has 0 aliphatic carbocycles. The van der Waals surface area contributed by atoms with Crippen LogP contribution in [0.25, 0.3) is 16.6 Å². The molecule has 0 N–H and O–H groups in total. The summed E-state index contributed by atoms with van der Waals surface area (Å²) in [7, 11) is 1.86. The molecule has 4 rings (SSSR count). The van der Waals surface area contributed by atoms with Crippen molar-refractivity contribution in [2.24, 2.45) is 7.05 Å². The Hall–Kier alpha value is -2.93. The van der Waals surface area contributed by atoms with Crippen LogP contribution in [0.1, 0.15) is 17.0 Å². The van der Waals surface area contributed by atoms with Crippen LogP contribution < -0.4 is 5.56 Å². The van der Waals surface area contributed by atoms with Crippen LogP contribution in [0.2, 0.25) is 0 Å². The van der Waals surface area contributed by atoms with Gasteiger partial charge in [0.15, 0.2) is 5.16 Å². The second-order valence-electron chi connectivity index (χ2n) is 6.36. The Morgan fingerprint density at radius 1 is 1.07 bits per heavy atom. The van der Waals surface area contributed by atoms with Crippen molar-refractivity contribution in [3.05, 3.63) is 76.1 Å². The minimum Gasteiger partial charge on any atom is -0.268 e. The number of nitrogens with zero attached hydrogens (tertiary/aromatic N) is 5. The summed E-state index contributed by atoms with van der Waals surface area (Å²) in [5, 5.41) is 5.37. The Kier molecular flexibility index (Phi) is 4.53. The van der Waals surface area contributed by atoms with Gasteiger partial charge in [-0.1, -0.05) is 36.0 Å². The van der Waals surface area contributed by atoms with Gasteiger partial charge < -0.3 is 0 Å². The molecule has 136 valence electrons. The van der Waals surface area contributed by atoms with E-state index in [9.17, 15) is 4.79 Å². The smallest absolute Gasteiger partial charge is 0.266 e. The molecule has 27 heavy (non-hydrogen) atoms. The molecule has 0 aliphatic rings. The van der Waals surface area contributed by atoms with E-state index in [1.54, 1.807) is 9.25 Å². The Morgan fingerprint density at radius 3 is 2.67 bits per heavy atom. The van der Waals surface area contributed by atoms with E-state index in [4.69, 9.17) is 4.98 Å². The summed E-state index contributed by atoms with van der Waals surface area (Å²) in [4.78, 5) is 22.4. The molecule has 0 atom stereocenters. The molecule has 7 heteroatoms. The van der Waals surface area contributed by atoms with E-state index in [0.29, 0.717) is 21.8 Å². The molecule has 0 unspecified atom stereocenters. The van der Waals surface area contributed by atoms with Crippen LogP contribution in [0.5, 0.6) is 0 Å². The van der Waals surface area contributed by atoms with Crippen molar-refractivity contribution in [1.29, 1.82) is 0 Å². The fourth-order valence-electron chi connectivity index (χ4n) is 2.98. The lowest BCUT2D eigenvalue weighted by atomic mass is 10.1. The first-order valence-electron chi connectivity index (χ1n) is 8.60. The summed E-state index contributed by atoms with van der Waals surface area (Å²) in [6, 6.07) is 13.4. The van der Waals surface area contributed by atoms with Gasteiger partial charge in [0.2, 0.25) is 0 Å². The normalized spacial score (nSPS) is 11.2. The zero-order chi connectivity index (χ0) is 19.0. The topological polar surface area (TPSA) is 65.6 Å². The molecule has 2 aromatic carbocycles. The summed E-state index contributed by atoms with van der Waals surface area (Å²) >= 11 is 1.49. The number of para-hydroxylation sites is 1. The molecular formula is C20H19N5OS. The monoisotopic (exact) mass is 377 g/mol. The van der Waals surface area contributed by atoms with Crippen LogP contribution in [0.4, 0.5) is 0 Å². The molecule has 0 saturated heterocycles. The molecule has 4 aromatic rings. The lowest BCUT2D eigenvalue weighted by Crippen LogP contribution is -2.22. The maximum absolute atomic E-state index is 13.3. The quantitative estimate of drug-likeness (QED) is 0.403. The molecule has 0 radical (unpaired) electrons. The van der Waals surface area contributed by atoms with Gasteiger partial charge in [0.05, 0.1) is 22.3 Å². The van der Waals surface area contributed by atoms with Crippen LogP contribution in [-0.4, -0.2) is 24.3 Å². The SMILES string of the molecule is Cc1cccc(-n2c(SCc3ncnn3C)nc3ccccc3c2=O)c1C. The Morgan fingerprint density at radius 2 is 1.89 bits per heavy atom. The van der Waals surface area contributed by atoms with Gasteiger partial charge in [0.25, 0.3) is 5.56 Å². The van der Waals surface area contributed by atoms with E-state index in [2.05, 4.69) is 10.1 Å². The zero-order valence-electron chi connectivity index (χ0n) is 15.4. The van der Waals surface area contributed by atoms with Crippen LogP contribution in [-0.2, 0) is 12.8 Å². The maximum atomic E-state index is 13.3. The zero-order valence-corrected chi connectivity index (χ0v) is 16.2. The minimum atomic E-state index is -0.0604. The van der Waals surface area contributed by atoms with Crippen molar-refractivity contribution in [2.75, 3.05) is 0 Å². The van der Waals surface area contributed by atoms with Gasteiger partial charge in [-0.3, -0.25) is 14.0 Å². The fraction of sp³-hybridized carbons (Fsp3) is 0.200. The first kappa shape index (κ1) is 17.5. The van der Waals surface area contributed by atoms with Gasteiger partial charge in [-0.25, -0.2) is 9.97 Å². The first-order chi connectivity index (χ1) is 13.1. The van der Waals surface area contributed by atoms with E-state index in [0.717, 1.165) is 22.6 Å². The minimum absolute atomic E-state index is 0.0604. The van der Waals surface area contributed by atoms with Crippen molar-refractivity contribution in [3.8, 4) is 5.69 Å². The Bertz CT molecular complexity index is 1190. The van der Waals surface area contributed by atoms with Crippen LogP contribution in [0.3, 0.4) is 0 Å². The van der Waals surface area contributed by atoms with Gasteiger partial charge in [-0.05, 0) is 43.2 Å². The average Bonchev–Trinajstić information content (AvgIpc) is 3.08. The lowest BCUT2D eigenvalue weighted by molar-refractivity contribution is 0.728. The second-order valence-corrected chi connectivity index (χ2v) is 7.30. The predicted octanol–water partition coefficient (Wildman–Crippen LogP) is 3.42. The van der Waals surface area contributed by atoms with Gasteiger partial charge in [0, 0.05) is 7.05 Å². The predicted molar refractivity (Wildman–Crippen MR) is 107 cm³/mol. The van der Waals surface area contributed by atoms with Crippen LogP contribution >= 0.6 is 11.8 Å². The molecule has 2 aromatic heterocycles. The van der Waals surface area contributed by atoms with Crippen molar-refractivity contribution >= 4 is 22.7 Å². The Balaban J connectivity index is 1.92. The van der Waals surface area contributed by atoms with Crippen LogP contribution in [0, 0.1) is 13.8 Å². The van der Waals surface area contributed by atoms with Gasteiger partial charge >= 0.3 is 0 Å². The molecule has 0 saturated carbocycles. The molecule has 6 nitrogen and oxygen atoms in total. The highest BCUT2D eigenvalue weighted by molar-refractivity contribution is 7.98. The number of hydrogen-bond donors (Lipinski definition) is 0. The summed E-state index contributed by atoms with van der Waals surface area (Å²) in [6.45, 7) is 4.08. The number of fused-ring (bicyclic) bond motifs is 1. The van der Waals surface area contributed by atoms with Crippen molar-refractivity contribution in [3.63, 3.8) is 0 Å². The summed E-state index contributed by atoms with van der Waals surface area (Å²) in [6.07, 6.45) is 1.53. The highest BCUT2D eigenvalue weighted by Crippen LogP contribution is 2.26. The largest absolute Gasteiger partial charge is 0.268 e. The molecule has 2 heterocycles. The van der Waals surface area contributed by atoms with Gasteiger partial charge in [-0.15, -0.1) is 0 Å². The third kappa shape index (κ3) is 3.14. The molecule has 0 bridgehead atoms. The number of thioether (sulfide) groups is 1. The second kappa shape index (κ2) is 7.00. The van der Waals surface area contributed by atoms with E-state index in [-0.39, 0.29) is 5.56 Å². The standard InChI is InChI=1S/C20H19N5OS/c1-13-7-6-10-17(14(13)2)25-19(26)15-8-4-5-9-16(15)23-20(25)27-11-18-21-12-22-24(18)3/h4-10,12H,11H2,1-3H3. The third-order valence-electron chi connectivity index (χ3n) is 4.70. The number of aryl methyl sites for hydroxylation is 2. The average molecular weight is 377 g/mol.